The van der Waals surface area contributed by atoms with E-state index in [1.807, 2.05) is 6.92 Å². The second-order valence-electron chi connectivity index (χ2n) is 6.13. The van der Waals surface area contributed by atoms with Crippen LogP contribution in [-0.2, 0) is 6.54 Å². The summed E-state index contributed by atoms with van der Waals surface area (Å²) in [6.07, 6.45) is 2.66. The number of carbonyl (C=O) groups is 1. The molecule has 0 spiro atoms. The van der Waals surface area contributed by atoms with Crippen LogP contribution in [0.3, 0.4) is 0 Å². The molecule has 1 fully saturated rings. The predicted octanol–water partition coefficient (Wildman–Crippen LogP) is 1.08. The zero-order valence-electron chi connectivity index (χ0n) is 13.9. The summed E-state index contributed by atoms with van der Waals surface area (Å²) in [5.74, 6) is -0.608. The number of nitrogens with zero attached hydrogens (tertiary/aromatic N) is 3. The molecular formula is C17H19FN4O3. The molecule has 0 atom stereocenters. The summed E-state index contributed by atoms with van der Waals surface area (Å²) in [6.45, 7) is 2.48. The van der Waals surface area contributed by atoms with Crippen molar-refractivity contribution in [1.82, 2.24) is 19.7 Å². The SMILES string of the molecule is CCCn1c(=O)c(C(=O)NCC2CC2)nn(-c2ccc(F)cc2)c1=O. The third-order valence-electron chi connectivity index (χ3n) is 4.04. The molecule has 0 saturated heterocycles. The first kappa shape index (κ1) is 17.1. The van der Waals surface area contributed by atoms with Gasteiger partial charge in [0.15, 0.2) is 0 Å². The minimum atomic E-state index is -0.710. The molecule has 1 aliphatic rings. The van der Waals surface area contributed by atoms with Gasteiger partial charge < -0.3 is 5.32 Å². The summed E-state index contributed by atoms with van der Waals surface area (Å²) in [5.41, 5.74) is -1.42. The van der Waals surface area contributed by atoms with E-state index in [1.165, 1.54) is 24.3 Å². The van der Waals surface area contributed by atoms with E-state index in [4.69, 9.17) is 0 Å². The van der Waals surface area contributed by atoms with Gasteiger partial charge in [-0.25, -0.2) is 9.18 Å². The number of carbonyl (C=O) groups excluding carboxylic acids is 1. The third-order valence-corrected chi connectivity index (χ3v) is 4.04. The summed E-state index contributed by atoms with van der Waals surface area (Å²) in [4.78, 5) is 37.4. The van der Waals surface area contributed by atoms with Crippen molar-refractivity contribution in [3.63, 3.8) is 0 Å². The maximum Gasteiger partial charge on any atom is 0.352 e. The number of amides is 1. The van der Waals surface area contributed by atoms with E-state index < -0.39 is 23.0 Å². The lowest BCUT2D eigenvalue weighted by atomic mass is 10.3. The maximum absolute atomic E-state index is 13.1. The number of benzene rings is 1. The van der Waals surface area contributed by atoms with Gasteiger partial charge in [-0.05, 0) is 49.4 Å². The van der Waals surface area contributed by atoms with Crippen LogP contribution < -0.4 is 16.6 Å². The van der Waals surface area contributed by atoms with Crippen LogP contribution in [0.5, 0.6) is 0 Å². The van der Waals surface area contributed by atoms with Gasteiger partial charge in [-0.1, -0.05) is 6.92 Å². The molecule has 1 N–H and O–H groups in total. The summed E-state index contributed by atoms with van der Waals surface area (Å²) in [5, 5.41) is 6.64. The molecule has 1 aromatic carbocycles. The standard InChI is InChI=1S/C17H19FN4O3/c1-2-9-21-16(24)14(15(23)19-10-11-3-4-11)20-22(17(21)25)13-7-5-12(18)6-8-13/h5-8,11H,2-4,9-10H2,1H3,(H,19,23). The van der Waals surface area contributed by atoms with E-state index in [-0.39, 0.29) is 17.9 Å². The number of hydrogen-bond acceptors (Lipinski definition) is 4. The highest BCUT2D eigenvalue weighted by Crippen LogP contribution is 2.27. The number of nitrogens with one attached hydrogen (secondary N) is 1. The van der Waals surface area contributed by atoms with E-state index in [9.17, 15) is 18.8 Å². The molecule has 25 heavy (non-hydrogen) atoms. The minimum Gasteiger partial charge on any atom is -0.350 e. The molecule has 1 heterocycles. The number of aromatic nitrogens is 3. The lowest BCUT2D eigenvalue weighted by Crippen LogP contribution is -2.46. The average molecular weight is 346 g/mol. The van der Waals surface area contributed by atoms with E-state index in [1.54, 1.807) is 0 Å². The van der Waals surface area contributed by atoms with Gasteiger partial charge >= 0.3 is 5.69 Å². The Balaban J connectivity index is 2.07. The first-order valence-corrected chi connectivity index (χ1v) is 8.29. The largest absolute Gasteiger partial charge is 0.352 e. The van der Waals surface area contributed by atoms with Crippen LogP contribution in [0.1, 0.15) is 36.7 Å². The van der Waals surface area contributed by atoms with Crippen molar-refractivity contribution >= 4 is 5.91 Å². The van der Waals surface area contributed by atoms with Gasteiger partial charge in [0.05, 0.1) is 5.69 Å². The van der Waals surface area contributed by atoms with Crippen molar-refractivity contribution < 1.29 is 9.18 Å². The Morgan fingerprint density at radius 2 is 1.96 bits per heavy atom. The molecule has 1 saturated carbocycles. The Morgan fingerprint density at radius 1 is 1.28 bits per heavy atom. The Bertz CT molecular complexity index is 898. The van der Waals surface area contributed by atoms with Crippen LogP contribution in [0, 0.1) is 11.7 Å². The smallest absolute Gasteiger partial charge is 0.350 e. The molecule has 1 amide bonds. The molecule has 1 aliphatic carbocycles. The highest BCUT2D eigenvalue weighted by atomic mass is 19.1. The van der Waals surface area contributed by atoms with Crippen LogP contribution in [0.25, 0.3) is 5.69 Å². The molecule has 7 nitrogen and oxygen atoms in total. The van der Waals surface area contributed by atoms with Crippen molar-refractivity contribution in [2.24, 2.45) is 5.92 Å². The lowest BCUT2D eigenvalue weighted by Gasteiger charge is -2.11. The fraction of sp³-hybridized carbons (Fsp3) is 0.412. The molecule has 2 aromatic rings. The van der Waals surface area contributed by atoms with Gasteiger partial charge in [0.25, 0.3) is 11.5 Å². The highest BCUT2D eigenvalue weighted by molar-refractivity contribution is 5.91. The summed E-state index contributed by atoms with van der Waals surface area (Å²) >= 11 is 0. The summed E-state index contributed by atoms with van der Waals surface area (Å²) in [6, 6.07) is 5.11. The molecule has 0 radical (unpaired) electrons. The number of halogens is 1. The topological polar surface area (TPSA) is 86.0 Å². The Kier molecular flexibility index (Phi) is 4.78. The first-order chi connectivity index (χ1) is 12.0. The van der Waals surface area contributed by atoms with Gasteiger partial charge in [-0.2, -0.15) is 9.78 Å². The molecule has 0 bridgehead atoms. The molecule has 132 valence electrons. The van der Waals surface area contributed by atoms with Gasteiger partial charge in [0.1, 0.15) is 5.82 Å². The Hall–Kier alpha value is -2.77. The molecule has 3 rings (SSSR count). The minimum absolute atomic E-state index is 0.171. The second-order valence-corrected chi connectivity index (χ2v) is 6.13. The second kappa shape index (κ2) is 7.00. The maximum atomic E-state index is 13.1. The van der Waals surface area contributed by atoms with Gasteiger partial charge in [-0.15, -0.1) is 0 Å². The van der Waals surface area contributed by atoms with Crippen molar-refractivity contribution in [3.05, 3.63) is 56.6 Å². The molecule has 0 aliphatic heterocycles. The first-order valence-electron chi connectivity index (χ1n) is 8.29. The van der Waals surface area contributed by atoms with Crippen LogP contribution in [-0.4, -0.2) is 26.8 Å². The van der Waals surface area contributed by atoms with E-state index >= 15 is 0 Å². The van der Waals surface area contributed by atoms with Crippen LogP contribution in [0.4, 0.5) is 4.39 Å². The predicted molar refractivity (Wildman–Crippen MR) is 89.4 cm³/mol. The summed E-state index contributed by atoms with van der Waals surface area (Å²) in [7, 11) is 0. The fourth-order valence-electron chi connectivity index (χ4n) is 2.47. The van der Waals surface area contributed by atoms with Gasteiger partial charge in [0.2, 0.25) is 5.69 Å². The van der Waals surface area contributed by atoms with Gasteiger partial charge in [-0.3, -0.25) is 14.2 Å². The quantitative estimate of drug-likeness (QED) is 0.848. The van der Waals surface area contributed by atoms with Crippen LogP contribution in [0.15, 0.2) is 33.9 Å². The molecular weight excluding hydrogens is 327 g/mol. The number of rotatable bonds is 6. The van der Waals surface area contributed by atoms with Crippen molar-refractivity contribution in [2.75, 3.05) is 6.54 Å². The lowest BCUT2D eigenvalue weighted by molar-refractivity contribution is 0.0942. The molecule has 0 unspecified atom stereocenters. The van der Waals surface area contributed by atoms with Crippen molar-refractivity contribution in [1.29, 1.82) is 0 Å². The fourth-order valence-corrected chi connectivity index (χ4v) is 2.47. The molecule has 8 heteroatoms. The average Bonchev–Trinajstić information content (AvgIpc) is 3.42. The summed E-state index contributed by atoms with van der Waals surface area (Å²) < 4.78 is 15.1. The van der Waals surface area contributed by atoms with Crippen LogP contribution >= 0.6 is 0 Å². The van der Waals surface area contributed by atoms with Crippen molar-refractivity contribution in [2.45, 2.75) is 32.7 Å². The van der Waals surface area contributed by atoms with Gasteiger partial charge in [0, 0.05) is 13.1 Å². The third kappa shape index (κ3) is 3.67. The van der Waals surface area contributed by atoms with Crippen molar-refractivity contribution in [3.8, 4) is 5.69 Å². The highest BCUT2D eigenvalue weighted by Gasteiger charge is 2.24. The van der Waals surface area contributed by atoms with Crippen LogP contribution in [0.2, 0.25) is 0 Å². The number of hydrogen-bond donors (Lipinski definition) is 1. The van der Waals surface area contributed by atoms with E-state index in [0.29, 0.717) is 18.9 Å². The Labute approximate surface area is 143 Å². The monoisotopic (exact) mass is 346 g/mol. The Morgan fingerprint density at radius 3 is 2.56 bits per heavy atom. The van der Waals surface area contributed by atoms with E-state index in [0.717, 1.165) is 22.1 Å². The molecule has 1 aromatic heterocycles. The van der Waals surface area contributed by atoms with E-state index in [2.05, 4.69) is 10.4 Å². The zero-order valence-corrected chi connectivity index (χ0v) is 13.9. The zero-order chi connectivity index (χ0) is 18.0. The normalized spacial score (nSPS) is 13.7.